The van der Waals surface area contributed by atoms with Gasteiger partial charge in [-0.3, -0.25) is 4.57 Å². The monoisotopic (exact) mass is 396 g/mol. The zero-order valence-electron chi connectivity index (χ0n) is 17.4. The van der Waals surface area contributed by atoms with Crippen LogP contribution in [-0.4, -0.2) is 52.8 Å². The van der Waals surface area contributed by atoms with Crippen molar-refractivity contribution in [2.24, 2.45) is 0 Å². The van der Waals surface area contributed by atoms with E-state index in [1.807, 2.05) is 0 Å². The van der Waals surface area contributed by atoms with Crippen molar-refractivity contribution >= 4 is 5.95 Å². The molecule has 4 heterocycles. The van der Waals surface area contributed by atoms with Gasteiger partial charge in [-0.25, -0.2) is 0 Å². The van der Waals surface area contributed by atoms with Gasteiger partial charge < -0.3 is 14.4 Å². The van der Waals surface area contributed by atoms with Crippen LogP contribution in [-0.2, 0) is 16.0 Å². The molecule has 156 valence electrons. The fourth-order valence-electron chi connectivity index (χ4n) is 5.16. The largest absolute Gasteiger partial charge is 0.376 e. The van der Waals surface area contributed by atoms with Crippen LogP contribution in [0.1, 0.15) is 62.8 Å². The van der Waals surface area contributed by atoms with Crippen molar-refractivity contribution in [3.63, 3.8) is 0 Å². The summed E-state index contributed by atoms with van der Waals surface area (Å²) < 4.78 is 14.5. The summed E-state index contributed by atoms with van der Waals surface area (Å²) in [6.45, 7) is 5.79. The van der Waals surface area contributed by atoms with Crippen molar-refractivity contribution in [2.45, 2.75) is 76.2 Å². The molecule has 5 rings (SSSR count). The van der Waals surface area contributed by atoms with E-state index in [0.29, 0.717) is 12.2 Å². The molecule has 0 radical (unpaired) electrons. The number of morpholine rings is 1. The highest BCUT2D eigenvalue weighted by Gasteiger charge is 2.36. The third-order valence-electron chi connectivity index (χ3n) is 6.67. The summed E-state index contributed by atoms with van der Waals surface area (Å²) >= 11 is 0. The first-order valence-corrected chi connectivity index (χ1v) is 11.3. The van der Waals surface area contributed by atoms with Gasteiger partial charge in [0.25, 0.3) is 0 Å². The Balaban J connectivity index is 1.49. The lowest BCUT2D eigenvalue weighted by atomic mass is 9.95. The number of hydrogen-bond donors (Lipinski definition) is 0. The molecule has 0 N–H and O–H groups in total. The Morgan fingerprint density at radius 3 is 2.52 bits per heavy atom. The Bertz CT molecular complexity index is 790. The van der Waals surface area contributed by atoms with Crippen LogP contribution >= 0.6 is 0 Å². The summed E-state index contributed by atoms with van der Waals surface area (Å²) in [6, 6.07) is 10.7. The summed E-state index contributed by atoms with van der Waals surface area (Å²) in [5.74, 6) is 2.32. The molecule has 4 atom stereocenters. The Morgan fingerprint density at radius 2 is 1.83 bits per heavy atom. The molecule has 3 aliphatic rings. The Kier molecular flexibility index (Phi) is 5.55. The fourth-order valence-corrected chi connectivity index (χ4v) is 5.16. The summed E-state index contributed by atoms with van der Waals surface area (Å²) in [6.07, 6.45) is 7.79. The van der Waals surface area contributed by atoms with Crippen molar-refractivity contribution < 1.29 is 9.47 Å². The van der Waals surface area contributed by atoms with E-state index >= 15 is 0 Å². The second kappa shape index (κ2) is 8.44. The molecule has 3 fully saturated rings. The van der Waals surface area contributed by atoms with Crippen LogP contribution in [0.5, 0.6) is 0 Å². The smallest absolute Gasteiger partial charge is 0.227 e. The topological polar surface area (TPSA) is 52.4 Å². The van der Waals surface area contributed by atoms with Gasteiger partial charge in [0.05, 0.1) is 24.9 Å². The lowest BCUT2D eigenvalue weighted by Crippen LogP contribution is -2.44. The molecule has 3 aliphatic heterocycles. The third kappa shape index (κ3) is 3.92. The van der Waals surface area contributed by atoms with E-state index in [2.05, 4.69) is 46.7 Å². The molecule has 1 aromatic heterocycles. The van der Waals surface area contributed by atoms with E-state index in [4.69, 9.17) is 19.7 Å². The van der Waals surface area contributed by atoms with Crippen molar-refractivity contribution in [1.82, 2.24) is 14.8 Å². The fraction of sp³-hybridized carbons (Fsp3) is 0.652. The molecule has 29 heavy (non-hydrogen) atoms. The summed E-state index contributed by atoms with van der Waals surface area (Å²) in [4.78, 5) is 2.41. The Labute approximate surface area is 173 Å². The number of benzene rings is 1. The summed E-state index contributed by atoms with van der Waals surface area (Å²) in [7, 11) is 0. The van der Waals surface area contributed by atoms with E-state index < -0.39 is 0 Å². The number of hydrogen-bond acceptors (Lipinski definition) is 5. The molecular formula is C23H32N4O2. The Morgan fingerprint density at radius 1 is 1.03 bits per heavy atom. The van der Waals surface area contributed by atoms with Gasteiger partial charge in [0.1, 0.15) is 5.82 Å². The average Bonchev–Trinajstić information content (AvgIpc) is 3.33. The van der Waals surface area contributed by atoms with Crippen molar-refractivity contribution in [3.05, 3.63) is 41.7 Å². The zero-order valence-corrected chi connectivity index (χ0v) is 17.4. The van der Waals surface area contributed by atoms with E-state index in [1.54, 1.807) is 0 Å². The molecule has 0 aliphatic carbocycles. The van der Waals surface area contributed by atoms with Gasteiger partial charge >= 0.3 is 0 Å². The number of rotatable bonds is 6. The van der Waals surface area contributed by atoms with Crippen molar-refractivity contribution in [2.75, 3.05) is 24.6 Å². The highest BCUT2D eigenvalue weighted by atomic mass is 16.5. The molecule has 6 heteroatoms. The van der Waals surface area contributed by atoms with Crippen LogP contribution in [0.4, 0.5) is 5.95 Å². The molecule has 2 aromatic rings. The molecule has 0 unspecified atom stereocenters. The third-order valence-corrected chi connectivity index (χ3v) is 6.67. The van der Waals surface area contributed by atoms with Crippen molar-refractivity contribution in [3.8, 4) is 0 Å². The van der Waals surface area contributed by atoms with Gasteiger partial charge in [-0.1, -0.05) is 37.3 Å². The standard InChI is InChI=1S/C23H32N4O2/c1-2-21(17-8-4-3-5-9-17)22-24-25-23(26-14-19-11-12-20(15-26)29-19)27(22)16-18-10-6-7-13-28-18/h3-5,8-9,18-21H,2,6-7,10-16H2,1H3/t18-,19-,20+,21+/m0/s1. The molecule has 0 saturated carbocycles. The normalized spacial score (nSPS) is 27.9. The van der Waals surface area contributed by atoms with E-state index in [0.717, 1.165) is 63.7 Å². The second-order valence-corrected chi connectivity index (χ2v) is 8.69. The first-order valence-electron chi connectivity index (χ1n) is 11.3. The van der Waals surface area contributed by atoms with E-state index in [9.17, 15) is 0 Å². The minimum absolute atomic E-state index is 0.249. The van der Waals surface area contributed by atoms with Crippen LogP contribution in [0, 0.1) is 0 Å². The van der Waals surface area contributed by atoms with E-state index in [1.165, 1.54) is 18.4 Å². The summed E-state index contributed by atoms with van der Waals surface area (Å²) in [5, 5.41) is 9.47. The van der Waals surface area contributed by atoms with Crippen LogP contribution in [0.25, 0.3) is 0 Å². The molecule has 6 nitrogen and oxygen atoms in total. The van der Waals surface area contributed by atoms with Crippen LogP contribution < -0.4 is 4.90 Å². The number of aromatic nitrogens is 3. The maximum atomic E-state index is 6.10. The highest BCUT2D eigenvalue weighted by molar-refractivity contribution is 5.36. The number of ether oxygens (including phenoxy) is 2. The second-order valence-electron chi connectivity index (χ2n) is 8.69. The van der Waals surface area contributed by atoms with Crippen LogP contribution in [0.15, 0.2) is 30.3 Å². The quantitative estimate of drug-likeness (QED) is 0.744. The highest BCUT2D eigenvalue weighted by Crippen LogP contribution is 2.33. The van der Waals surface area contributed by atoms with Gasteiger partial charge in [0.2, 0.25) is 5.95 Å². The van der Waals surface area contributed by atoms with Gasteiger partial charge in [-0.05, 0) is 44.1 Å². The molecule has 0 amide bonds. The van der Waals surface area contributed by atoms with Crippen LogP contribution in [0.3, 0.4) is 0 Å². The lowest BCUT2D eigenvalue weighted by Gasteiger charge is -2.34. The predicted octanol–water partition coefficient (Wildman–Crippen LogP) is 3.76. The molecular weight excluding hydrogens is 364 g/mol. The first-order chi connectivity index (χ1) is 14.3. The number of nitrogens with zero attached hydrogens (tertiary/aromatic N) is 4. The maximum absolute atomic E-state index is 6.10. The SMILES string of the molecule is CC[C@H](c1ccccc1)c1nnc(N2C[C@H]3CC[C@@H](C2)O3)n1C[C@@H]1CCCCO1. The first kappa shape index (κ1) is 19.1. The molecule has 1 aromatic carbocycles. The van der Waals surface area contributed by atoms with Gasteiger partial charge in [0.15, 0.2) is 0 Å². The molecule has 2 bridgehead atoms. The van der Waals surface area contributed by atoms with Crippen LogP contribution in [0.2, 0.25) is 0 Å². The molecule has 3 saturated heterocycles. The van der Waals surface area contributed by atoms with E-state index in [-0.39, 0.29) is 12.0 Å². The minimum atomic E-state index is 0.249. The average molecular weight is 397 g/mol. The van der Waals surface area contributed by atoms with Crippen molar-refractivity contribution in [1.29, 1.82) is 0 Å². The lowest BCUT2D eigenvalue weighted by molar-refractivity contribution is 0.00496. The number of anilines is 1. The number of fused-ring (bicyclic) bond motifs is 2. The van der Waals surface area contributed by atoms with Gasteiger partial charge in [0, 0.05) is 25.6 Å². The van der Waals surface area contributed by atoms with Gasteiger partial charge in [-0.15, -0.1) is 10.2 Å². The van der Waals surface area contributed by atoms with Gasteiger partial charge in [-0.2, -0.15) is 0 Å². The zero-order chi connectivity index (χ0) is 19.6. The molecule has 0 spiro atoms. The Hall–Kier alpha value is -1.92. The summed E-state index contributed by atoms with van der Waals surface area (Å²) in [5.41, 5.74) is 1.31. The minimum Gasteiger partial charge on any atom is -0.376 e. The maximum Gasteiger partial charge on any atom is 0.227 e. The predicted molar refractivity (Wildman–Crippen MR) is 112 cm³/mol.